The fourth-order valence-corrected chi connectivity index (χ4v) is 4.63. The van der Waals surface area contributed by atoms with Gasteiger partial charge in [-0.2, -0.15) is 13.2 Å². The Labute approximate surface area is 198 Å². The highest BCUT2D eigenvalue weighted by Gasteiger charge is 2.34. The molecule has 1 amide bonds. The van der Waals surface area contributed by atoms with Crippen LogP contribution in [0.3, 0.4) is 0 Å². The summed E-state index contributed by atoms with van der Waals surface area (Å²) in [4.78, 5) is 17.1. The van der Waals surface area contributed by atoms with Crippen LogP contribution in [-0.4, -0.2) is 49.4 Å². The van der Waals surface area contributed by atoms with Gasteiger partial charge in [0.25, 0.3) is 5.91 Å². The number of ether oxygens (including phenoxy) is 1. The van der Waals surface area contributed by atoms with Crippen LogP contribution >= 0.6 is 0 Å². The summed E-state index contributed by atoms with van der Waals surface area (Å²) in [5.41, 5.74) is -0.684. The van der Waals surface area contributed by atoms with Crippen molar-refractivity contribution in [2.24, 2.45) is 0 Å². The minimum atomic E-state index is -4.86. The van der Waals surface area contributed by atoms with Crippen LogP contribution in [0, 0.1) is 0 Å². The number of rotatable bonds is 5. The molecule has 2 aliphatic heterocycles. The van der Waals surface area contributed by atoms with Crippen LogP contribution in [0.1, 0.15) is 41.6 Å². The first-order valence-corrected chi connectivity index (χ1v) is 11.4. The topological polar surface area (TPSA) is 44.8 Å². The van der Waals surface area contributed by atoms with Crippen molar-refractivity contribution < 1.29 is 35.9 Å². The molecular weight excluding hydrogens is 476 g/mol. The third-order valence-corrected chi connectivity index (χ3v) is 6.34. The van der Waals surface area contributed by atoms with Crippen molar-refractivity contribution in [3.05, 3.63) is 53.6 Å². The van der Waals surface area contributed by atoms with Crippen molar-refractivity contribution in [1.29, 1.82) is 0 Å². The van der Waals surface area contributed by atoms with E-state index in [0.717, 1.165) is 50.2 Å². The van der Waals surface area contributed by atoms with Crippen molar-refractivity contribution in [2.45, 2.75) is 44.3 Å². The number of benzene rings is 2. The van der Waals surface area contributed by atoms with E-state index in [1.54, 1.807) is 0 Å². The van der Waals surface area contributed by atoms with Crippen molar-refractivity contribution in [3.63, 3.8) is 0 Å². The number of halogens is 6. The maximum absolute atomic E-state index is 13.6. The quantitative estimate of drug-likeness (QED) is 0.517. The van der Waals surface area contributed by atoms with Crippen LogP contribution in [0.2, 0.25) is 0 Å². The van der Waals surface area contributed by atoms with E-state index < -0.39 is 29.8 Å². The van der Waals surface area contributed by atoms with Gasteiger partial charge in [-0.1, -0.05) is 0 Å². The molecule has 2 heterocycles. The number of anilines is 2. The minimum absolute atomic E-state index is 0.120. The largest absolute Gasteiger partial charge is 0.573 e. The summed E-state index contributed by atoms with van der Waals surface area (Å²) in [7, 11) is 0. The molecule has 11 heteroatoms. The Balaban J connectivity index is 1.49. The number of carbonyl (C=O) groups excluding carboxylic acids is 1. The fourth-order valence-electron chi connectivity index (χ4n) is 4.63. The summed E-state index contributed by atoms with van der Waals surface area (Å²) in [5.74, 6) is -1.28. The second-order valence-electron chi connectivity index (χ2n) is 8.75. The molecule has 0 aromatic heterocycles. The first-order valence-electron chi connectivity index (χ1n) is 11.4. The van der Waals surface area contributed by atoms with Crippen molar-refractivity contribution in [3.8, 4) is 5.75 Å². The van der Waals surface area contributed by atoms with Crippen molar-refractivity contribution in [2.75, 3.05) is 36.4 Å². The predicted octanol–water partition coefficient (Wildman–Crippen LogP) is 5.92. The first-order chi connectivity index (χ1) is 16.5. The zero-order valence-electron chi connectivity index (χ0n) is 18.8. The van der Waals surface area contributed by atoms with Gasteiger partial charge < -0.3 is 19.9 Å². The number of likely N-dealkylation sites (tertiary alicyclic amines) is 1. The Kier molecular flexibility index (Phi) is 7.16. The molecule has 0 saturated carbocycles. The summed E-state index contributed by atoms with van der Waals surface area (Å²) < 4.78 is 81.5. The molecule has 0 radical (unpaired) electrons. The zero-order valence-corrected chi connectivity index (χ0v) is 18.8. The molecule has 4 rings (SSSR count). The van der Waals surface area contributed by atoms with Gasteiger partial charge in [-0.25, -0.2) is 0 Å². The van der Waals surface area contributed by atoms with Gasteiger partial charge in [0.15, 0.2) is 0 Å². The van der Waals surface area contributed by atoms with Crippen molar-refractivity contribution in [1.82, 2.24) is 4.90 Å². The molecule has 0 aliphatic carbocycles. The number of nitrogens with zero attached hydrogens (tertiary/aromatic N) is 2. The van der Waals surface area contributed by atoms with Crippen LogP contribution in [0.25, 0.3) is 0 Å². The molecule has 5 nitrogen and oxygen atoms in total. The lowest BCUT2D eigenvalue weighted by Crippen LogP contribution is -2.44. The highest BCUT2D eigenvalue weighted by atomic mass is 19.4. The summed E-state index contributed by atoms with van der Waals surface area (Å²) in [6.07, 6.45) is -5.49. The number of piperidine rings is 1. The first kappa shape index (κ1) is 25.2. The standard InChI is InChI=1S/C24H25F6N3O2/c25-23(26,27)17-13-16(22(34)31-18-3-5-21(6-4-18)35-24(28,29)30)14-20(15-17)33-11-7-19(8-12-33)32-9-1-2-10-32/h3-6,13-15,19H,1-2,7-12H2,(H,31,34). The lowest BCUT2D eigenvalue weighted by Gasteiger charge is -2.38. The Morgan fingerprint density at radius 2 is 1.51 bits per heavy atom. The number of carbonyl (C=O) groups is 1. The van der Waals surface area contributed by atoms with Gasteiger partial charge in [0, 0.05) is 36.1 Å². The van der Waals surface area contributed by atoms with Crippen LogP contribution in [-0.2, 0) is 6.18 Å². The number of hydrogen-bond acceptors (Lipinski definition) is 4. The molecule has 2 fully saturated rings. The van der Waals surface area contributed by atoms with Gasteiger partial charge in [-0.15, -0.1) is 13.2 Å². The van der Waals surface area contributed by atoms with E-state index in [0.29, 0.717) is 24.8 Å². The molecule has 2 aliphatic rings. The van der Waals surface area contributed by atoms with E-state index in [-0.39, 0.29) is 11.3 Å². The van der Waals surface area contributed by atoms with Crippen LogP contribution in [0.4, 0.5) is 37.7 Å². The fraction of sp³-hybridized carbons (Fsp3) is 0.458. The second kappa shape index (κ2) is 9.96. The van der Waals surface area contributed by atoms with E-state index >= 15 is 0 Å². The average Bonchev–Trinajstić information content (AvgIpc) is 3.34. The summed E-state index contributed by atoms with van der Waals surface area (Å²) >= 11 is 0. The van der Waals surface area contributed by atoms with E-state index in [4.69, 9.17) is 0 Å². The van der Waals surface area contributed by atoms with E-state index in [9.17, 15) is 31.1 Å². The lowest BCUT2D eigenvalue weighted by molar-refractivity contribution is -0.274. The summed E-state index contributed by atoms with van der Waals surface area (Å²) in [6, 6.07) is 8.03. The Morgan fingerprint density at radius 3 is 2.09 bits per heavy atom. The molecule has 0 spiro atoms. The van der Waals surface area contributed by atoms with E-state index in [1.165, 1.54) is 31.0 Å². The lowest BCUT2D eigenvalue weighted by atomic mass is 10.0. The highest BCUT2D eigenvalue weighted by Crippen LogP contribution is 2.35. The molecule has 2 aromatic rings. The average molecular weight is 501 g/mol. The van der Waals surface area contributed by atoms with Gasteiger partial charge in [0.1, 0.15) is 5.75 Å². The normalized spacial score (nSPS) is 18.1. The maximum atomic E-state index is 13.6. The van der Waals surface area contributed by atoms with E-state index in [2.05, 4.69) is 15.0 Å². The number of hydrogen-bond donors (Lipinski definition) is 1. The molecule has 2 saturated heterocycles. The van der Waals surface area contributed by atoms with Gasteiger partial charge >= 0.3 is 12.5 Å². The Bertz CT molecular complexity index is 1030. The highest BCUT2D eigenvalue weighted by molar-refractivity contribution is 6.05. The van der Waals surface area contributed by atoms with Crippen LogP contribution in [0.5, 0.6) is 5.75 Å². The van der Waals surface area contributed by atoms with Gasteiger partial charge in [0.2, 0.25) is 0 Å². The minimum Gasteiger partial charge on any atom is -0.406 e. The third-order valence-electron chi connectivity index (χ3n) is 6.34. The van der Waals surface area contributed by atoms with Gasteiger partial charge in [0.05, 0.1) is 5.56 Å². The molecule has 35 heavy (non-hydrogen) atoms. The number of nitrogens with one attached hydrogen (secondary N) is 1. The van der Waals surface area contributed by atoms with Crippen LogP contribution in [0.15, 0.2) is 42.5 Å². The summed E-state index contributed by atoms with van der Waals surface area (Å²) in [6.45, 7) is 3.29. The van der Waals surface area contributed by atoms with Gasteiger partial charge in [-0.3, -0.25) is 4.79 Å². The molecule has 0 unspecified atom stereocenters. The Morgan fingerprint density at radius 1 is 0.886 bits per heavy atom. The maximum Gasteiger partial charge on any atom is 0.573 e. The molecule has 1 N–H and O–H groups in total. The predicted molar refractivity (Wildman–Crippen MR) is 119 cm³/mol. The molecular formula is C24H25F6N3O2. The second-order valence-corrected chi connectivity index (χ2v) is 8.75. The molecule has 2 aromatic carbocycles. The van der Waals surface area contributed by atoms with Gasteiger partial charge in [-0.05, 0) is 81.2 Å². The molecule has 0 bridgehead atoms. The van der Waals surface area contributed by atoms with Crippen molar-refractivity contribution >= 4 is 17.3 Å². The van der Waals surface area contributed by atoms with Crippen LogP contribution < -0.4 is 15.0 Å². The monoisotopic (exact) mass is 501 g/mol. The zero-order chi connectivity index (χ0) is 25.2. The summed E-state index contributed by atoms with van der Waals surface area (Å²) in [5, 5.41) is 2.43. The SMILES string of the molecule is O=C(Nc1ccc(OC(F)(F)F)cc1)c1cc(N2CCC(N3CCCC3)CC2)cc(C(F)(F)F)c1. The number of alkyl halides is 6. The van der Waals surface area contributed by atoms with E-state index in [1.807, 2.05) is 4.90 Å². The number of amides is 1. The smallest absolute Gasteiger partial charge is 0.406 e. The molecule has 190 valence electrons. The molecule has 0 atom stereocenters. The Hall–Kier alpha value is -2.95. The third kappa shape index (κ3) is 6.59.